The molecular weight excluding hydrogens is 186 g/mol. The van der Waals surface area contributed by atoms with Gasteiger partial charge in [0.05, 0.1) is 10.4 Å². The number of aromatic nitrogens is 1. The van der Waals surface area contributed by atoms with Gasteiger partial charge in [0.2, 0.25) is 0 Å². The van der Waals surface area contributed by atoms with E-state index in [1.807, 2.05) is 13.1 Å². The molecule has 1 aromatic rings. The Labute approximate surface area is 82.8 Å². The Kier molecular flexibility index (Phi) is 3.07. The first-order valence-corrected chi connectivity index (χ1v) is 5.69. The third-order valence-corrected chi connectivity index (χ3v) is 3.79. The lowest BCUT2D eigenvalue weighted by atomic mass is 10.1. The van der Waals surface area contributed by atoms with E-state index < -0.39 is 0 Å². The van der Waals surface area contributed by atoms with E-state index in [0.29, 0.717) is 0 Å². The number of hydrogen-bond donors (Lipinski definition) is 1. The molecule has 0 spiro atoms. The van der Waals surface area contributed by atoms with Crippen LogP contribution in [0.4, 0.5) is 0 Å². The molecule has 3 heteroatoms. The van der Waals surface area contributed by atoms with Crippen molar-refractivity contribution in [3.05, 3.63) is 29.6 Å². The van der Waals surface area contributed by atoms with Crippen LogP contribution in [0.3, 0.4) is 0 Å². The Morgan fingerprint density at radius 2 is 2.08 bits per heavy atom. The highest BCUT2D eigenvalue weighted by atomic mass is 33.1. The van der Waals surface area contributed by atoms with Gasteiger partial charge in [0, 0.05) is 6.20 Å². The van der Waals surface area contributed by atoms with Crippen molar-refractivity contribution in [2.24, 2.45) is 0 Å². The molecule has 0 amide bonds. The fourth-order valence-electron chi connectivity index (χ4n) is 0.871. The smallest absolute Gasteiger partial charge is 0.0625 e. The molecule has 0 N–H and O–H groups in total. The second-order valence-electron chi connectivity index (χ2n) is 3.32. The van der Waals surface area contributed by atoms with Gasteiger partial charge in [0.15, 0.2) is 0 Å². The van der Waals surface area contributed by atoms with Crippen LogP contribution in [0.25, 0.3) is 0 Å². The number of nitrogens with zero attached hydrogens (tertiary/aromatic N) is 1. The Bertz CT molecular complexity index is 254. The summed E-state index contributed by atoms with van der Waals surface area (Å²) in [5, 5.41) is 0. The van der Waals surface area contributed by atoms with Gasteiger partial charge in [0.1, 0.15) is 0 Å². The van der Waals surface area contributed by atoms with Gasteiger partial charge in [-0.15, -0.1) is 11.7 Å². The van der Waals surface area contributed by atoms with Crippen molar-refractivity contribution in [1.82, 2.24) is 4.98 Å². The summed E-state index contributed by atoms with van der Waals surface area (Å²) in [6, 6.07) is 4.13. The Morgan fingerprint density at radius 1 is 1.42 bits per heavy atom. The first-order valence-electron chi connectivity index (χ1n) is 3.82. The second-order valence-corrected chi connectivity index (χ2v) is 5.07. The first kappa shape index (κ1) is 9.93. The van der Waals surface area contributed by atoms with Crippen LogP contribution in [0.5, 0.6) is 0 Å². The molecular formula is C9H13NS2. The maximum Gasteiger partial charge on any atom is 0.0625 e. The van der Waals surface area contributed by atoms with Crippen molar-refractivity contribution in [3.63, 3.8) is 0 Å². The molecule has 0 fully saturated rings. The minimum absolute atomic E-state index is 0.00316. The van der Waals surface area contributed by atoms with Crippen LogP contribution in [0.15, 0.2) is 18.3 Å². The minimum atomic E-state index is -0.00316. The fraction of sp³-hybridized carbons (Fsp3) is 0.444. The average Bonchev–Trinajstić information content (AvgIpc) is 2.05. The van der Waals surface area contributed by atoms with Gasteiger partial charge in [-0.05, 0) is 32.4 Å². The first-order chi connectivity index (χ1) is 5.56. The molecule has 0 atom stereocenters. The summed E-state index contributed by atoms with van der Waals surface area (Å²) in [6.07, 6.45) is 1.89. The van der Waals surface area contributed by atoms with Crippen LogP contribution in [0.2, 0.25) is 0 Å². The fourth-order valence-corrected chi connectivity index (χ4v) is 1.37. The molecule has 0 saturated heterocycles. The number of pyridine rings is 1. The predicted octanol–water partition coefficient (Wildman–Crippen LogP) is 3.20. The molecule has 0 aliphatic carbocycles. The van der Waals surface area contributed by atoms with Gasteiger partial charge in [0.25, 0.3) is 0 Å². The lowest BCUT2D eigenvalue weighted by Crippen LogP contribution is -2.11. The van der Waals surface area contributed by atoms with E-state index in [2.05, 4.69) is 42.6 Å². The average molecular weight is 199 g/mol. The van der Waals surface area contributed by atoms with E-state index in [1.54, 1.807) is 0 Å². The zero-order valence-electron chi connectivity index (χ0n) is 7.53. The van der Waals surface area contributed by atoms with Crippen LogP contribution in [-0.2, 0) is 4.75 Å². The van der Waals surface area contributed by atoms with Crippen molar-refractivity contribution < 1.29 is 0 Å². The predicted molar refractivity (Wildman–Crippen MR) is 58.6 cm³/mol. The Balaban J connectivity index is 2.96. The van der Waals surface area contributed by atoms with Gasteiger partial charge in [-0.3, -0.25) is 4.98 Å². The topological polar surface area (TPSA) is 12.9 Å². The van der Waals surface area contributed by atoms with Gasteiger partial charge in [-0.1, -0.05) is 16.9 Å². The van der Waals surface area contributed by atoms with E-state index in [-0.39, 0.29) is 4.75 Å². The van der Waals surface area contributed by atoms with Crippen molar-refractivity contribution in [2.45, 2.75) is 25.5 Å². The van der Waals surface area contributed by atoms with Crippen molar-refractivity contribution >= 4 is 22.5 Å². The summed E-state index contributed by atoms with van der Waals surface area (Å²) in [6.45, 7) is 6.27. The van der Waals surface area contributed by atoms with Gasteiger partial charge in [-0.25, -0.2) is 0 Å². The standard InChI is InChI=1S/C9H13NS2/c1-7-4-5-8(10-6-7)9(2,3)12-11/h4-6,11H,1-3H3. The van der Waals surface area contributed by atoms with E-state index >= 15 is 0 Å². The Hall–Kier alpha value is -0.150. The number of rotatable bonds is 2. The summed E-state index contributed by atoms with van der Waals surface area (Å²) in [4.78, 5) is 4.35. The van der Waals surface area contributed by atoms with Crippen LogP contribution in [0.1, 0.15) is 25.1 Å². The van der Waals surface area contributed by atoms with Crippen LogP contribution in [0, 0.1) is 6.92 Å². The molecule has 1 rings (SSSR count). The number of hydrogen-bond acceptors (Lipinski definition) is 3. The molecule has 0 radical (unpaired) electrons. The van der Waals surface area contributed by atoms with Crippen molar-refractivity contribution in [2.75, 3.05) is 0 Å². The third-order valence-electron chi connectivity index (χ3n) is 1.76. The lowest BCUT2D eigenvalue weighted by Gasteiger charge is -2.19. The number of aryl methyl sites for hydroxylation is 1. The summed E-state index contributed by atoms with van der Waals surface area (Å²) < 4.78 is -0.00316. The van der Waals surface area contributed by atoms with E-state index in [1.165, 1.54) is 16.4 Å². The highest BCUT2D eigenvalue weighted by molar-refractivity contribution is 8.68. The SMILES string of the molecule is Cc1ccc(C(C)(C)SS)nc1. The monoisotopic (exact) mass is 199 g/mol. The summed E-state index contributed by atoms with van der Waals surface area (Å²) in [5.74, 6) is 0. The van der Waals surface area contributed by atoms with E-state index in [4.69, 9.17) is 0 Å². The highest BCUT2D eigenvalue weighted by Gasteiger charge is 2.20. The third kappa shape index (κ3) is 2.17. The van der Waals surface area contributed by atoms with Crippen molar-refractivity contribution in [3.8, 4) is 0 Å². The lowest BCUT2D eigenvalue weighted by molar-refractivity contribution is 0.752. The van der Waals surface area contributed by atoms with Gasteiger partial charge < -0.3 is 0 Å². The normalized spacial score (nSPS) is 11.7. The minimum Gasteiger partial charge on any atom is -0.260 e. The number of thiol groups is 1. The molecule has 12 heavy (non-hydrogen) atoms. The zero-order chi connectivity index (χ0) is 9.19. The molecule has 0 aliphatic rings. The summed E-state index contributed by atoms with van der Waals surface area (Å²) in [5.41, 5.74) is 2.27. The highest BCUT2D eigenvalue weighted by Crippen LogP contribution is 2.36. The second kappa shape index (κ2) is 3.71. The largest absolute Gasteiger partial charge is 0.260 e. The van der Waals surface area contributed by atoms with Crippen LogP contribution < -0.4 is 0 Å². The molecule has 0 unspecified atom stereocenters. The maximum absolute atomic E-state index is 4.35. The molecule has 0 bridgehead atoms. The Morgan fingerprint density at radius 3 is 2.50 bits per heavy atom. The molecule has 1 aromatic heterocycles. The van der Waals surface area contributed by atoms with Gasteiger partial charge >= 0.3 is 0 Å². The van der Waals surface area contributed by atoms with Crippen LogP contribution >= 0.6 is 22.5 Å². The molecule has 0 aliphatic heterocycles. The zero-order valence-corrected chi connectivity index (χ0v) is 9.25. The quantitative estimate of drug-likeness (QED) is 0.580. The summed E-state index contributed by atoms with van der Waals surface area (Å²) >= 11 is 4.22. The molecule has 1 heterocycles. The molecule has 0 aromatic carbocycles. The van der Waals surface area contributed by atoms with E-state index in [9.17, 15) is 0 Å². The van der Waals surface area contributed by atoms with Gasteiger partial charge in [-0.2, -0.15) is 0 Å². The van der Waals surface area contributed by atoms with Crippen LogP contribution in [-0.4, -0.2) is 4.98 Å². The molecule has 66 valence electrons. The maximum atomic E-state index is 4.35. The molecule has 1 nitrogen and oxygen atoms in total. The van der Waals surface area contributed by atoms with E-state index in [0.717, 1.165) is 5.69 Å². The summed E-state index contributed by atoms with van der Waals surface area (Å²) in [7, 11) is 1.52. The van der Waals surface area contributed by atoms with Crippen molar-refractivity contribution in [1.29, 1.82) is 0 Å². The molecule has 0 saturated carbocycles.